The van der Waals surface area contributed by atoms with Crippen molar-refractivity contribution in [1.29, 1.82) is 0 Å². The Hall–Kier alpha value is -1.46. The number of esters is 1. The van der Waals surface area contributed by atoms with E-state index in [4.69, 9.17) is 32.7 Å². The average molecular weight is 362 g/mol. The van der Waals surface area contributed by atoms with Gasteiger partial charge in [-0.05, 0) is 38.3 Å². The van der Waals surface area contributed by atoms with Crippen LogP contribution < -0.4 is 10.1 Å². The number of carbonyl (C=O) groups is 2. The van der Waals surface area contributed by atoms with Gasteiger partial charge in [-0.25, -0.2) is 0 Å². The van der Waals surface area contributed by atoms with Gasteiger partial charge in [-0.15, -0.1) is 0 Å². The molecule has 0 aromatic heterocycles. The summed E-state index contributed by atoms with van der Waals surface area (Å²) in [4.78, 5) is 22.2. The van der Waals surface area contributed by atoms with Crippen molar-refractivity contribution in [3.8, 4) is 5.75 Å². The van der Waals surface area contributed by atoms with Crippen LogP contribution in [0.4, 0.5) is 5.69 Å². The van der Waals surface area contributed by atoms with Gasteiger partial charge in [-0.1, -0.05) is 23.2 Å². The molecule has 0 saturated carbocycles. The topological polar surface area (TPSA) is 64.6 Å². The van der Waals surface area contributed by atoms with Crippen molar-refractivity contribution < 1.29 is 19.1 Å². The van der Waals surface area contributed by atoms with Crippen LogP contribution in [0.1, 0.15) is 39.5 Å². The molecule has 0 unspecified atom stereocenters. The Kier molecular flexibility index (Phi) is 8.81. The number of anilines is 1. The van der Waals surface area contributed by atoms with Gasteiger partial charge >= 0.3 is 5.97 Å². The lowest BCUT2D eigenvalue weighted by atomic mass is 10.2. The van der Waals surface area contributed by atoms with Crippen LogP contribution in [0.5, 0.6) is 5.75 Å². The quantitative estimate of drug-likeness (QED) is 0.521. The Balaban J connectivity index is 2.37. The van der Waals surface area contributed by atoms with E-state index in [1.807, 2.05) is 0 Å². The van der Waals surface area contributed by atoms with Crippen molar-refractivity contribution in [1.82, 2.24) is 0 Å². The third kappa shape index (κ3) is 7.57. The molecule has 128 valence electrons. The van der Waals surface area contributed by atoms with Gasteiger partial charge in [0, 0.05) is 19.0 Å². The monoisotopic (exact) mass is 361 g/mol. The minimum Gasteiger partial charge on any atom is -0.490 e. The molecule has 1 rings (SSSR count). The summed E-state index contributed by atoms with van der Waals surface area (Å²) >= 11 is 12.2. The highest BCUT2D eigenvalue weighted by molar-refractivity contribution is 6.37. The zero-order valence-corrected chi connectivity index (χ0v) is 14.8. The van der Waals surface area contributed by atoms with E-state index in [0.717, 1.165) is 19.3 Å². The van der Waals surface area contributed by atoms with E-state index >= 15 is 0 Å². The number of rotatable bonds is 9. The SMILES string of the molecule is CCOC(=O)CCCCCOc1c(Cl)cc(NC(C)=O)cc1Cl. The van der Waals surface area contributed by atoms with Gasteiger partial charge in [0.2, 0.25) is 5.91 Å². The lowest BCUT2D eigenvalue weighted by Gasteiger charge is -2.12. The summed E-state index contributed by atoms with van der Waals surface area (Å²) in [5.41, 5.74) is 0.522. The van der Waals surface area contributed by atoms with Crippen LogP contribution in [0.25, 0.3) is 0 Å². The average Bonchev–Trinajstić information content (AvgIpc) is 2.44. The van der Waals surface area contributed by atoms with Crippen molar-refractivity contribution in [3.63, 3.8) is 0 Å². The molecular weight excluding hydrogens is 341 g/mol. The van der Waals surface area contributed by atoms with E-state index in [1.165, 1.54) is 6.92 Å². The van der Waals surface area contributed by atoms with E-state index in [0.29, 0.717) is 41.1 Å². The summed E-state index contributed by atoms with van der Waals surface area (Å²) < 4.78 is 10.4. The number of hydrogen-bond donors (Lipinski definition) is 1. The van der Waals surface area contributed by atoms with Crippen molar-refractivity contribution in [2.45, 2.75) is 39.5 Å². The molecule has 0 spiro atoms. The van der Waals surface area contributed by atoms with E-state index in [1.54, 1.807) is 19.1 Å². The molecule has 5 nitrogen and oxygen atoms in total. The summed E-state index contributed by atoms with van der Waals surface area (Å²) in [5.74, 6) is 0.0216. The Morgan fingerprint density at radius 1 is 1.13 bits per heavy atom. The summed E-state index contributed by atoms with van der Waals surface area (Å²) in [6, 6.07) is 3.18. The number of hydrogen-bond acceptors (Lipinski definition) is 4. The fraction of sp³-hybridized carbons (Fsp3) is 0.500. The molecule has 0 atom stereocenters. The van der Waals surface area contributed by atoms with E-state index in [2.05, 4.69) is 5.32 Å². The van der Waals surface area contributed by atoms with Gasteiger partial charge in [-0.2, -0.15) is 0 Å². The molecule has 0 saturated heterocycles. The standard InChI is InChI=1S/C16H21Cl2NO4/c1-3-22-15(21)7-5-4-6-8-23-16-13(17)9-12(10-14(16)18)19-11(2)20/h9-10H,3-8H2,1-2H3,(H,19,20). The predicted molar refractivity (Wildman–Crippen MR) is 91.4 cm³/mol. The van der Waals surface area contributed by atoms with Gasteiger partial charge < -0.3 is 14.8 Å². The summed E-state index contributed by atoms with van der Waals surface area (Å²) in [7, 11) is 0. The largest absolute Gasteiger partial charge is 0.490 e. The molecule has 0 radical (unpaired) electrons. The third-order valence-corrected chi connectivity index (χ3v) is 3.46. The molecular formula is C16H21Cl2NO4. The number of nitrogens with one attached hydrogen (secondary N) is 1. The summed E-state index contributed by atoms with van der Waals surface area (Å²) in [6.45, 7) is 4.05. The van der Waals surface area contributed by atoms with Gasteiger partial charge in [0.15, 0.2) is 5.75 Å². The molecule has 7 heteroatoms. The molecule has 1 aromatic rings. The molecule has 1 aromatic carbocycles. The maximum absolute atomic E-state index is 11.2. The summed E-state index contributed by atoms with van der Waals surface area (Å²) in [5, 5.41) is 3.29. The summed E-state index contributed by atoms with van der Waals surface area (Å²) in [6.07, 6.45) is 2.80. The van der Waals surface area contributed by atoms with Crippen molar-refractivity contribution in [2.24, 2.45) is 0 Å². The second-order valence-electron chi connectivity index (χ2n) is 4.91. The second kappa shape index (κ2) is 10.3. The first kappa shape index (κ1) is 19.6. The smallest absolute Gasteiger partial charge is 0.305 e. The molecule has 0 heterocycles. The minimum atomic E-state index is -0.201. The molecule has 0 fully saturated rings. The van der Waals surface area contributed by atoms with Crippen LogP contribution in [-0.4, -0.2) is 25.1 Å². The zero-order valence-electron chi connectivity index (χ0n) is 13.3. The van der Waals surface area contributed by atoms with Gasteiger partial charge in [0.05, 0.1) is 23.3 Å². The van der Waals surface area contributed by atoms with Gasteiger partial charge in [-0.3, -0.25) is 9.59 Å². The third-order valence-electron chi connectivity index (χ3n) is 2.90. The van der Waals surface area contributed by atoms with E-state index < -0.39 is 0 Å². The highest BCUT2D eigenvalue weighted by Crippen LogP contribution is 2.36. The van der Waals surface area contributed by atoms with E-state index in [9.17, 15) is 9.59 Å². The van der Waals surface area contributed by atoms with Crippen LogP contribution in [0.3, 0.4) is 0 Å². The van der Waals surface area contributed by atoms with Crippen molar-refractivity contribution >= 4 is 40.8 Å². The lowest BCUT2D eigenvalue weighted by Crippen LogP contribution is -2.06. The fourth-order valence-corrected chi connectivity index (χ4v) is 2.52. The van der Waals surface area contributed by atoms with Crippen molar-refractivity contribution in [3.05, 3.63) is 22.2 Å². The normalized spacial score (nSPS) is 10.3. The Morgan fingerprint density at radius 2 is 1.78 bits per heavy atom. The number of amides is 1. The maximum atomic E-state index is 11.2. The van der Waals surface area contributed by atoms with E-state index in [-0.39, 0.29) is 11.9 Å². The number of ether oxygens (including phenoxy) is 2. The number of unbranched alkanes of at least 4 members (excludes halogenated alkanes) is 2. The molecule has 0 bridgehead atoms. The van der Waals surface area contributed by atoms with Crippen LogP contribution in [-0.2, 0) is 14.3 Å². The molecule has 1 amide bonds. The first-order chi connectivity index (χ1) is 10.9. The Labute approximate surface area is 146 Å². The Bertz CT molecular complexity index is 526. The number of halogens is 2. The molecule has 0 aliphatic heterocycles. The van der Waals surface area contributed by atoms with Gasteiger partial charge in [0.1, 0.15) is 0 Å². The molecule has 1 N–H and O–H groups in total. The molecule has 0 aliphatic rings. The first-order valence-electron chi connectivity index (χ1n) is 7.49. The fourth-order valence-electron chi connectivity index (χ4n) is 1.93. The first-order valence-corrected chi connectivity index (χ1v) is 8.24. The number of carbonyl (C=O) groups excluding carboxylic acids is 2. The van der Waals surface area contributed by atoms with Crippen LogP contribution >= 0.6 is 23.2 Å². The highest BCUT2D eigenvalue weighted by atomic mass is 35.5. The van der Waals surface area contributed by atoms with Gasteiger partial charge in [0.25, 0.3) is 0 Å². The number of benzene rings is 1. The minimum absolute atomic E-state index is 0.173. The van der Waals surface area contributed by atoms with Crippen LogP contribution in [0.15, 0.2) is 12.1 Å². The molecule has 0 aliphatic carbocycles. The predicted octanol–water partition coefficient (Wildman–Crippen LogP) is 4.45. The Morgan fingerprint density at radius 3 is 2.35 bits per heavy atom. The lowest BCUT2D eigenvalue weighted by molar-refractivity contribution is -0.143. The maximum Gasteiger partial charge on any atom is 0.305 e. The van der Waals surface area contributed by atoms with Crippen molar-refractivity contribution in [2.75, 3.05) is 18.5 Å². The second-order valence-corrected chi connectivity index (χ2v) is 5.73. The zero-order chi connectivity index (χ0) is 17.2. The highest BCUT2D eigenvalue weighted by Gasteiger charge is 2.10. The van der Waals surface area contributed by atoms with Crippen LogP contribution in [0.2, 0.25) is 10.0 Å². The molecule has 23 heavy (non-hydrogen) atoms. The van der Waals surface area contributed by atoms with Crippen LogP contribution in [0, 0.1) is 0 Å².